The fourth-order valence-corrected chi connectivity index (χ4v) is 2.00. The Morgan fingerprint density at radius 1 is 1.39 bits per heavy atom. The van der Waals surface area contributed by atoms with Crippen molar-refractivity contribution < 1.29 is 13.6 Å². The fraction of sp³-hybridized carbons (Fsp3) is 0.462. The van der Waals surface area contributed by atoms with E-state index in [1.54, 1.807) is 0 Å². The largest absolute Gasteiger partial charge is 0.325 e. The van der Waals surface area contributed by atoms with Gasteiger partial charge in [-0.1, -0.05) is 12.1 Å². The van der Waals surface area contributed by atoms with Crippen LogP contribution in [0.2, 0.25) is 0 Å². The monoisotopic (exact) mass is 254 g/mol. The first-order valence-electron chi connectivity index (χ1n) is 5.84. The Balaban J connectivity index is 1.90. The third kappa shape index (κ3) is 2.85. The molecule has 0 aliphatic carbocycles. The molecule has 2 rings (SSSR count). The molecule has 1 aliphatic rings. The summed E-state index contributed by atoms with van der Waals surface area (Å²) in [5.41, 5.74) is 2.83. The maximum atomic E-state index is 12.6. The molecular formula is C13H16F2N2O. The second-order valence-electron chi connectivity index (χ2n) is 4.80. The molecule has 0 unspecified atom stereocenters. The van der Waals surface area contributed by atoms with Crippen LogP contribution in [0, 0.1) is 13.8 Å². The zero-order valence-electron chi connectivity index (χ0n) is 10.5. The van der Waals surface area contributed by atoms with Gasteiger partial charge in [-0.2, -0.15) is 0 Å². The van der Waals surface area contributed by atoms with Crippen molar-refractivity contribution in [1.82, 2.24) is 4.90 Å². The molecule has 1 aromatic rings. The summed E-state index contributed by atoms with van der Waals surface area (Å²) < 4.78 is 25.2. The van der Waals surface area contributed by atoms with E-state index in [9.17, 15) is 13.6 Å². The summed E-state index contributed by atoms with van der Waals surface area (Å²) in [6.07, 6.45) is 0. The molecule has 0 radical (unpaired) electrons. The lowest BCUT2D eigenvalue weighted by Gasteiger charge is -2.38. The summed E-state index contributed by atoms with van der Waals surface area (Å²) in [7, 11) is 0. The third-order valence-electron chi connectivity index (χ3n) is 3.16. The second kappa shape index (κ2) is 4.65. The van der Waals surface area contributed by atoms with Crippen molar-refractivity contribution in [2.24, 2.45) is 0 Å². The van der Waals surface area contributed by atoms with Crippen molar-refractivity contribution >= 4 is 11.6 Å². The molecule has 5 heteroatoms. The average molecular weight is 254 g/mol. The third-order valence-corrected chi connectivity index (χ3v) is 3.16. The van der Waals surface area contributed by atoms with Crippen LogP contribution < -0.4 is 5.32 Å². The highest BCUT2D eigenvalue weighted by atomic mass is 19.3. The Morgan fingerprint density at radius 3 is 2.67 bits per heavy atom. The number of aryl methyl sites for hydroxylation is 1. The minimum atomic E-state index is -2.63. The van der Waals surface area contributed by atoms with E-state index in [1.165, 1.54) is 4.90 Å². The fourth-order valence-electron chi connectivity index (χ4n) is 2.00. The molecule has 18 heavy (non-hydrogen) atoms. The van der Waals surface area contributed by atoms with Crippen molar-refractivity contribution in [2.75, 3.05) is 25.0 Å². The van der Waals surface area contributed by atoms with Crippen molar-refractivity contribution in [3.8, 4) is 0 Å². The smallest absolute Gasteiger partial charge is 0.272 e. The summed E-state index contributed by atoms with van der Waals surface area (Å²) in [5, 5.41) is 2.75. The Kier molecular flexibility index (Phi) is 3.34. The number of nitrogens with zero attached hydrogens (tertiary/aromatic N) is 1. The first kappa shape index (κ1) is 13.0. The normalized spacial score (nSPS) is 18.2. The molecule has 1 fully saturated rings. The SMILES string of the molecule is Cc1cccc(NC(=O)CN2CC(F)(F)C2)c1C. The Morgan fingerprint density at radius 2 is 2.06 bits per heavy atom. The summed E-state index contributed by atoms with van der Waals surface area (Å²) in [6, 6.07) is 5.63. The zero-order chi connectivity index (χ0) is 13.3. The molecule has 0 spiro atoms. The van der Waals surface area contributed by atoms with Crippen LogP contribution in [0.3, 0.4) is 0 Å². The van der Waals surface area contributed by atoms with Gasteiger partial charge in [0.1, 0.15) is 0 Å². The van der Waals surface area contributed by atoms with Gasteiger partial charge in [0.15, 0.2) is 0 Å². The summed E-state index contributed by atoms with van der Waals surface area (Å²) in [4.78, 5) is 13.1. The number of likely N-dealkylation sites (tertiary alicyclic amines) is 1. The molecule has 1 heterocycles. The van der Waals surface area contributed by atoms with Crippen LogP contribution in [-0.2, 0) is 4.79 Å². The van der Waals surface area contributed by atoms with Crippen molar-refractivity contribution in [1.29, 1.82) is 0 Å². The van der Waals surface area contributed by atoms with E-state index in [0.717, 1.165) is 16.8 Å². The second-order valence-corrected chi connectivity index (χ2v) is 4.80. The zero-order valence-corrected chi connectivity index (χ0v) is 10.5. The van der Waals surface area contributed by atoms with E-state index in [1.807, 2.05) is 32.0 Å². The van der Waals surface area contributed by atoms with Gasteiger partial charge in [-0.15, -0.1) is 0 Å². The lowest BCUT2D eigenvalue weighted by atomic mass is 10.1. The van der Waals surface area contributed by atoms with Gasteiger partial charge in [-0.25, -0.2) is 8.78 Å². The molecule has 1 amide bonds. The van der Waals surface area contributed by atoms with Gasteiger partial charge in [0.25, 0.3) is 5.92 Å². The minimum Gasteiger partial charge on any atom is -0.325 e. The van der Waals surface area contributed by atoms with Gasteiger partial charge in [0.05, 0.1) is 19.6 Å². The number of anilines is 1. The van der Waals surface area contributed by atoms with Crippen LogP contribution in [0.25, 0.3) is 0 Å². The lowest BCUT2D eigenvalue weighted by Crippen LogP contribution is -2.57. The van der Waals surface area contributed by atoms with Crippen molar-refractivity contribution in [2.45, 2.75) is 19.8 Å². The quantitative estimate of drug-likeness (QED) is 0.896. The molecule has 0 aromatic heterocycles. The molecule has 98 valence electrons. The number of amides is 1. The highest BCUT2D eigenvalue weighted by Gasteiger charge is 2.44. The highest BCUT2D eigenvalue weighted by Crippen LogP contribution is 2.26. The molecule has 0 atom stereocenters. The molecule has 3 nitrogen and oxygen atoms in total. The summed E-state index contributed by atoms with van der Waals surface area (Å²) in [5.74, 6) is -2.88. The van der Waals surface area contributed by atoms with Crippen LogP contribution >= 0.6 is 0 Å². The number of benzene rings is 1. The van der Waals surface area contributed by atoms with E-state index in [2.05, 4.69) is 5.32 Å². The Bertz CT molecular complexity index is 466. The van der Waals surface area contributed by atoms with Crippen molar-refractivity contribution in [3.05, 3.63) is 29.3 Å². The number of rotatable bonds is 3. The van der Waals surface area contributed by atoms with Crippen LogP contribution in [0.5, 0.6) is 0 Å². The standard InChI is InChI=1S/C13H16F2N2O/c1-9-4-3-5-11(10(9)2)16-12(18)6-17-7-13(14,15)8-17/h3-5H,6-8H2,1-2H3,(H,16,18). The van der Waals surface area contributed by atoms with Crippen LogP contribution in [0.1, 0.15) is 11.1 Å². The van der Waals surface area contributed by atoms with E-state index in [0.29, 0.717) is 0 Å². The predicted molar refractivity (Wildman–Crippen MR) is 65.9 cm³/mol. The minimum absolute atomic E-state index is 0.0168. The van der Waals surface area contributed by atoms with E-state index in [4.69, 9.17) is 0 Å². The molecule has 1 saturated heterocycles. The van der Waals surface area contributed by atoms with E-state index in [-0.39, 0.29) is 25.5 Å². The van der Waals surface area contributed by atoms with E-state index >= 15 is 0 Å². The maximum Gasteiger partial charge on any atom is 0.272 e. The number of alkyl halides is 2. The summed E-state index contributed by atoms with van der Waals surface area (Å²) >= 11 is 0. The number of hydrogen-bond acceptors (Lipinski definition) is 2. The number of carbonyl (C=O) groups is 1. The topological polar surface area (TPSA) is 32.3 Å². The molecule has 1 N–H and O–H groups in total. The average Bonchev–Trinajstić information content (AvgIpc) is 2.22. The molecule has 1 aromatic carbocycles. The van der Waals surface area contributed by atoms with E-state index < -0.39 is 5.92 Å². The van der Waals surface area contributed by atoms with Gasteiger partial charge in [0.2, 0.25) is 5.91 Å². The maximum absolute atomic E-state index is 12.6. The molecule has 0 saturated carbocycles. The molecular weight excluding hydrogens is 238 g/mol. The number of carbonyl (C=O) groups excluding carboxylic acids is 1. The lowest BCUT2D eigenvalue weighted by molar-refractivity contribution is -0.141. The first-order chi connectivity index (χ1) is 8.37. The van der Waals surface area contributed by atoms with Gasteiger partial charge in [-0.3, -0.25) is 9.69 Å². The number of nitrogens with one attached hydrogen (secondary N) is 1. The Hall–Kier alpha value is -1.49. The van der Waals surface area contributed by atoms with Gasteiger partial charge >= 0.3 is 0 Å². The Labute approximate surface area is 105 Å². The van der Waals surface area contributed by atoms with Gasteiger partial charge < -0.3 is 5.32 Å². The van der Waals surface area contributed by atoms with Gasteiger partial charge in [-0.05, 0) is 31.0 Å². The van der Waals surface area contributed by atoms with Crippen LogP contribution in [-0.4, -0.2) is 36.4 Å². The molecule has 1 aliphatic heterocycles. The number of hydrogen-bond donors (Lipinski definition) is 1. The van der Waals surface area contributed by atoms with Crippen molar-refractivity contribution in [3.63, 3.8) is 0 Å². The predicted octanol–water partition coefficient (Wildman–Crippen LogP) is 2.19. The van der Waals surface area contributed by atoms with Crippen LogP contribution in [0.4, 0.5) is 14.5 Å². The van der Waals surface area contributed by atoms with Crippen LogP contribution in [0.15, 0.2) is 18.2 Å². The highest BCUT2D eigenvalue weighted by molar-refractivity contribution is 5.93. The molecule has 0 bridgehead atoms. The number of halogens is 2. The summed E-state index contributed by atoms with van der Waals surface area (Å²) in [6.45, 7) is 3.24. The van der Waals surface area contributed by atoms with Gasteiger partial charge in [0, 0.05) is 5.69 Å². The first-order valence-corrected chi connectivity index (χ1v) is 5.84.